The smallest absolute Gasteiger partial charge is 0.233 e. The van der Waals surface area contributed by atoms with E-state index >= 15 is 0 Å². The van der Waals surface area contributed by atoms with Gasteiger partial charge in [-0.05, 0) is 162 Å². The molecular weight excluding hydrogens is 884 g/mol. The molecule has 2 aromatic carbocycles. The molecule has 7 aliphatic rings. The number of nitriles is 1. The van der Waals surface area contributed by atoms with Crippen LogP contribution in [0.2, 0.25) is 5.02 Å². The van der Waals surface area contributed by atoms with Crippen LogP contribution in [0.5, 0.6) is 5.88 Å². The maximum Gasteiger partial charge on any atom is 0.233 e. The van der Waals surface area contributed by atoms with E-state index in [0.717, 1.165) is 160 Å². The zero-order valence-electron chi connectivity index (χ0n) is 41.2. The lowest BCUT2D eigenvalue weighted by Gasteiger charge is -2.39. The predicted octanol–water partition coefficient (Wildman–Crippen LogP) is 9.55. The number of aryl methyl sites for hydroxylation is 2. The van der Waals surface area contributed by atoms with E-state index in [-0.39, 0.29) is 17.4 Å². The molecule has 6 aliphatic heterocycles. The SMILES string of the molecule is CC(=O)N1CCc2c(c(N3CCCc4cc(C5CCOCC5)c(C)cc43)nn2C2CCN(CC3CCC(Oc4ccc(N5CCC6(CC5)C[C@H](C)N(c5ccc(C#N)c(Cl)c5)C6)nn4)CC3)CC2)C1. The molecule has 5 fully saturated rings. The number of benzene rings is 2. The van der Waals surface area contributed by atoms with Crippen molar-refractivity contribution in [3.05, 3.63) is 81.0 Å². The topological polar surface area (TPSA) is 119 Å². The molecular formula is C55H71ClN10O3. The Hall–Kier alpha value is -4.90. The summed E-state index contributed by atoms with van der Waals surface area (Å²) in [6.07, 6.45) is 15.5. The Morgan fingerprint density at radius 3 is 2.45 bits per heavy atom. The van der Waals surface area contributed by atoms with Crippen molar-refractivity contribution < 1.29 is 14.3 Å². The molecule has 13 nitrogen and oxygen atoms in total. The van der Waals surface area contributed by atoms with Crippen molar-refractivity contribution in [2.24, 2.45) is 11.3 Å². The van der Waals surface area contributed by atoms with Crippen LogP contribution in [0.1, 0.15) is 136 Å². The molecule has 0 bridgehead atoms. The summed E-state index contributed by atoms with van der Waals surface area (Å²) >= 11 is 6.42. The number of amides is 1. The molecule has 1 aliphatic carbocycles. The fraction of sp³-hybridized carbons (Fsp3) is 0.618. The molecule has 2 aromatic heterocycles. The van der Waals surface area contributed by atoms with Gasteiger partial charge in [0.25, 0.3) is 0 Å². The minimum atomic E-state index is 0.149. The quantitative estimate of drug-likeness (QED) is 0.160. The first kappa shape index (κ1) is 46.5. The number of likely N-dealkylation sites (tertiary alicyclic amines) is 1. The molecule has 1 spiro atoms. The predicted molar refractivity (Wildman–Crippen MR) is 271 cm³/mol. The van der Waals surface area contributed by atoms with E-state index in [1.165, 1.54) is 46.5 Å². The molecule has 4 aromatic rings. The van der Waals surface area contributed by atoms with Crippen LogP contribution in [-0.4, -0.2) is 113 Å². The Morgan fingerprint density at radius 1 is 0.928 bits per heavy atom. The van der Waals surface area contributed by atoms with Crippen molar-refractivity contribution in [1.82, 2.24) is 29.8 Å². The van der Waals surface area contributed by atoms with E-state index in [9.17, 15) is 10.1 Å². The van der Waals surface area contributed by atoms with Gasteiger partial charge in [0.2, 0.25) is 11.8 Å². The highest BCUT2D eigenvalue weighted by Gasteiger charge is 2.44. The van der Waals surface area contributed by atoms with E-state index in [0.29, 0.717) is 46.9 Å². The first-order valence-electron chi connectivity index (χ1n) is 26.4. The molecule has 4 saturated heterocycles. The summed E-state index contributed by atoms with van der Waals surface area (Å²) in [6.45, 7) is 16.7. The van der Waals surface area contributed by atoms with Crippen LogP contribution in [-0.2, 0) is 28.9 Å². The number of hydrogen-bond donors (Lipinski definition) is 0. The monoisotopic (exact) mass is 955 g/mol. The lowest BCUT2D eigenvalue weighted by atomic mass is 9.77. The normalized spacial score (nSPS) is 24.6. The third kappa shape index (κ3) is 9.54. The lowest BCUT2D eigenvalue weighted by Crippen LogP contribution is -2.42. The third-order valence-corrected chi connectivity index (χ3v) is 17.8. The first-order valence-corrected chi connectivity index (χ1v) is 26.8. The summed E-state index contributed by atoms with van der Waals surface area (Å²) in [4.78, 5) is 24.8. The van der Waals surface area contributed by atoms with Crippen molar-refractivity contribution in [3.8, 4) is 11.9 Å². The Labute approximate surface area is 414 Å². The number of carbonyl (C=O) groups excluding carboxylic acids is 1. The van der Waals surface area contributed by atoms with Gasteiger partial charge < -0.3 is 34.0 Å². The Kier molecular flexibility index (Phi) is 13.3. The lowest BCUT2D eigenvalue weighted by molar-refractivity contribution is -0.129. The maximum atomic E-state index is 12.7. The molecule has 11 rings (SSSR count). The fourth-order valence-corrected chi connectivity index (χ4v) is 13.7. The number of aromatic nitrogens is 4. The van der Waals surface area contributed by atoms with Crippen LogP contribution in [0.3, 0.4) is 0 Å². The van der Waals surface area contributed by atoms with E-state index in [1.807, 2.05) is 29.2 Å². The van der Waals surface area contributed by atoms with Crippen LogP contribution in [0.15, 0.2) is 42.5 Å². The van der Waals surface area contributed by atoms with Crippen molar-refractivity contribution in [2.45, 2.75) is 141 Å². The zero-order chi connectivity index (χ0) is 47.2. The van der Waals surface area contributed by atoms with Gasteiger partial charge in [0.1, 0.15) is 12.2 Å². The van der Waals surface area contributed by atoms with Crippen LogP contribution in [0.4, 0.5) is 23.0 Å². The van der Waals surface area contributed by atoms with Gasteiger partial charge >= 0.3 is 0 Å². The number of hydrogen-bond acceptors (Lipinski definition) is 11. The zero-order valence-corrected chi connectivity index (χ0v) is 41.9. The van der Waals surface area contributed by atoms with Crippen molar-refractivity contribution in [3.63, 3.8) is 0 Å². The molecule has 1 amide bonds. The number of halogens is 1. The highest BCUT2D eigenvalue weighted by atomic mass is 35.5. The number of anilines is 4. The summed E-state index contributed by atoms with van der Waals surface area (Å²) in [5.74, 6) is 4.06. The third-order valence-electron chi connectivity index (χ3n) is 17.5. The Bertz CT molecular complexity index is 2530. The first-order chi connectivity index (χ1) is 33.6. The second-order valence-corrected chi connectivity index (χ2v) is 22.2. The van der Waals surface area contributed by atoms with Crippen LogP contribution >= 0.6 is 11.6 Å². The van der Waals surface area contributed by atoms with Gasteiger partial charge in [-0.1, -0.05) is 17.7 Å². The summed E-state index contributed by atoms with van der Waals surface area (Å²) in [6, 6.07) is 17.9. The molecule has 1 saturated carbocycles. The maximum absolute atomic E-state index is 12.7. The Balaban J connectivity index is 0.662. The van der Waals surface area contributed by atoms with Crippen molar-refractivity contribution in [1.29, 1.82) is 5.26 Å². The molecule has 366 valence electrons. The standard InChI is InChI=1S/C55H71ClN10O3/c1-37-29-51-42(30-47(37)41-17-27-68-28-18-41)5-4-21-64(51)54-48-35-63(39(3)67)24-16-50(48)66(60-54)44-14-22-61(23-15-44)34-40-6-10-46(11-7-40)69-53-13-12-52(58-59-53)62-25-19-55(20-26-62)32-38(2)65(36-55)45-9-8-43(33-57)49(56)31-45/h8-9,12-13,29-31,38,40-41,44,46H,4-7,10-11,14-28,32,34-36H2,1-3H3/t38-,40?,46?/m0/s1. The van der Waals surface area contributed by atoms with Gasteiger partial charge in [-0.3, -0.25) is 9.48 Å². The molecule has 0 radical (unpaired) electrons. The molecule has 1 atom stereocenters. The minimum absolute atomic E-state index is 0.149. The van der Waals surface area contributed by atoms with Gasteiger partial charge in [0.05, 0.1) is 23.2 Å². The molecule has 0 unspecified atom stereocenters. The van der Waals surface area contributed by atoms with Gasteiger partial charge in [0, 0.05) is 114 Å². The summed E-state index contributed by atoms with van der Waals surface area (Å²) < 4.78 is 14.6. The van der Waals surface area contributed by atoms with E-state index in [2.05, 4.69) is 72.6 Å². The second kappa shape index (κ2) is 19.7. The average Bonchev–Trinajstić information content (AvgIpc) is 3.91. The largest absolute Gasteiger partial charge is 0.473 e. The van der Waals surface area contributed by atoms with Crippen LogP contribution in [0, 0.1) is 29.6 Å². The molecule has 8 heterocycles. The highest BCUT2D eigenvalue weighted by Crippen LogP contribution is 2.47. The van der Waals surface area contributed by atoms with Crippen LogP contribution in [0.25, 0.3) is 0 Å². The second-order valence-electron chi connectivity index (χ2n) is 21.8. The fourth-order valence-electron chi connectivity index (χ4n) is 13.5. The molecule has 69 heavy (non-hydrogen) atoms. The number of rotatable bonds is 9. The average molecular weight is 956 g/mol. The van der Waals surface area contributed by atoms with E-state index < -0.39 is 0 Å². The summed E-state index contributed by atoms with van der Waals surface area (Å²) in [5.41, 5.74) is 10.1. The number of carbonyl (C=O) groups is 1. The molecule has 0 N–H and O–H groups in total. The molecule has 14 heteroatoms. The Morgan fingerprint density at radius 2 is 1.72 bits per heavy atom. The number of fused-ring (bicyclic) bond motifs is 2. The van der Waals surface area contributed by atoms with Crippen LogP contribution < -0.4 is 19.4 Å². The number of piperidine rings is 2. The number of nitrogens with zero attached hydrogens (tertiary/aromatic N) is 10. The minimum Gasteiger partial charge on any atom is -0.473 e. The summed E-state index contributed by atoms with van der Waals surface area (Å²) in [5, 5.41) is 24.6. The van der Waals surface area contributed by atoms with Gasteiger partial charge in [0.15, 0.2) is 11.6 Å². The highest BCUT2D eigenvalue weighted by molar-refractivity contribution is 6.32. The van der Waals surface area contributed by atoms with Gasteiger partial charge in [-0.2, -0.15) is 10.4 Å². The van der Waals surface area contributed by atoms with Gasteiger partial charge in [-0.15, -0.1) is 10.2 Å². The van der Waals surface area contributed by atoms with Crippen molar-refractivity contribution >= 4 is 40.5 Å². The van der Waals surface area contributed by atoms with Crippen molar-refractivity contribution in [2.75, 3.05) is 80.3 Å². The number of ether oxygens (including phenoxy) is 2. The summed E-state index contributed by atoms with van der Waals surface area (Å²) in [7, 11) is 0. The van der Waals surface area contributed by atoms with Gasteiger partial charge in [-0.25, -0.2) is 0 Å². The van der Waals surface area contributed by atoms with E-state index in [1.54, 1.807) is 6.92 Å². The van der Waals surface area contributed by atoms with E-state index in [4.69, 9.17) is 26.2 Å².